The Balaban J connectivity index is 2.02. The minimum Gasteiger partial charge on any atom is -0.508 e. The van der Waals surface area contributed by atoms with Gasteiger partial charge < -0.3 is 134 Å². The summed E-state index contributed by atoms with van der Waals surface area (Å²) in [5.74, 6) is -23.4. The van der Waals surface area contributed by atoms with Crippen molar-refractivity contribution in [3.05, 3.63) is 65.7 Å². The Morgan fingerprint density at radius 3 is 1.34 bits per heavy atom. The zero-order chi connectivity index (χ0) is 98.1. The smallest absolute Gasteiger partial charge is 0.326 e. The number of carboxylic acids is 2. The maximum absolute atomic E-state index is 15.4. The second-order valence-electron chi connectivity index (χ2n) is 33.9. The average molecular weight is 1850 g/mol. The summed E-state index contributed by atoms with van der Waals surface area (Å²) >= 11 is 4.29. The molecule has 45 nitrogen and oxygen atoms in total. The highest BCUT2D eigenvalue weighted by atomic mass is 32.1. The SMILES string of the molecule is CC(C)C[C@H](NC(=O)[C@H](CC(C)C)NC(=O)[C@H](CS)NC(=O)[C@@H](NC(=O)[C@@H](NC(=O)[C@@H](N)CO)C(C)C)C(C)C)C(=O)N[C@@H](CC(N)=O)C(=O)N[C@@H](CC(N)=O)C(=O)N[C@@H](Cc1ccccc1)C(=O)N[C@@H](Cc1ccc(O)cc1)C(=O)N1CCC[C@H]1C(=O)N[C@@H](CCCNC(=N)N)C(=O)N[C@@H](CCC(=O)O)C(=O)N[C@@H](C)C(=O)N[C@@H](CCCCN)C(=O)N[C@H](C(=O)O)C(C)C. The van der Waals surface area contributed by atoms with E-state index in [9.17, 15) is 102 Å². The van der Waals surface area contributed by atoms with E-state index in [1.54, 1.807) is 99.6 Å². The van der Waals surface area contributed by atoms with Crippen LogP contribution in [0.4, 0.5) is 0 Å². The number of carbonyl (C=O) groups is 19. The van der Waals surface area contributed by atoms with Crippen molar-refractivity contribution in [3.63, 3.8) is 0 Å². The van der Waals surface area contributed by atoms with Gasteiger partial charge in [-0.05, 0) is 131 Å². The second kappa shape index (κ2) is 56.2. The van der Waals surface area contributed by atoms with E-state index in [4.69, 9.17) is 34.1 Å². The molecule has 724 valence electrons. The molecule has 2 aromatic carbocycles. The molecule has 0 spiro atoms. The molecule has 1 heterocycles. The van der Waals surface area contributed by atoms with E-state index in [0.29, 0.717) is 24.0 Å². The highest BCUT2D eigenvalue weighted by Crippen LogP contribution is 2.23. The van der Waals surface area contributed by atoms with Crippen LogP contribution in [-0.2, 0) is 104 Å². The third kappa shape index (κ3) is 39.3. The molecule has 1 aliphatic rings. The Morgan fingerprint density at radius 1 is 0.454 bits per heavy atom. The number of aromatic hydroxyl groups is 1. The topological polar surface area (TPSA) is 743 Å². The number of unbranched alkanes of at least 4 members (excludes halogenated alkanes) is 1. The van der Waals surface area contributed by atoms with Crippen molar-refractivity contribution in [1.82, 2.24) is 84.7 Å². The lowest BCUT2D eigenvalue weighted by molar-refractivity contribution is -0.143. The molecular formula is C84H134N22O23S. The molecule has 16 atom stereocenters. The van der Waals surface area contributed by atoms with Gasteiger partial charge in [-0.15, -0.1) is 0 Å². The van der Waals surface area contributed by atoms with Crippen LogP contribution in [0.5, 0.6) is 5.75 Å². The molecule has 3 rings (SSSR count). The number of aliphatic hydroxyl groups excluding tert-OH is 1. The summed E-state index contributed by atoms with van der Waals surface area (Å²) < 4.78 is 0. The number of aliphatic hydroxyl groups is 1. The van der Waals surface area contributed by atoms with Gasteiger partial charge in [-0.25, -0.2) is 4.79 Å². The zero-order valence-corrected chi connectivity index (χ0v) is 76.2. The third-order valence-corrected chi connectivity index (χ3v) is 21.2. The zero-order valence-electron chi connectivity index (χ0n) is 75.3. The van der Waals surface area contributed by atoms with Gasteiger partial charge in [0.05, 0.1) is 19.4 Å². The molecule has 2 aromatic rings. The van der Waals surface area contributed by atoms with Gasteiger partial charge in [0.15, 0.2) is 5.96 Å². The fraction of sp³-hybridized carbons (Fsp3) is 0.619. The number of amides is 17. The van der Waals surface area contributed by atoms with Crippen LogP contribution in [0.3, 0.4) is 0 Å². The van der Waals surface area contributed by atoms with Crippen LogP contribution in [0.25, 0.3) is 0 Å². The van der Waals surface area contributed by atoms with Crippen molar-refractivity contribution < 1.29 is 112 Å². The molecule has 1 fully saturated rings. The van der Waals surface area contributed by atoms with Gasteiger partial charge >= 0.3 is 11.9 Å². The minimum atomic E-state index is -2.03. The van der Waals surface area contributed by atoms with Crippen molar-refractivity contribution in [2.24, 2.45) is 58.3 Å². The van der Waals surface area contributed by atoms with E-state index >= 15 is 9.59 Å². The molecule has 0 aliphatic carbocycles. The summed E-state index contributed by atoms with van der Waals surface area (Å²) in [6.07, 6.45) is -3.67. The third-order valence-electron chi connectivity index (χ3n) is 20.8. The standard InChI is InChI=1S/C84H134N22O23S/c1-41(2)33-54(96-73(118)55(34-42(3)4)97-78(123)60(40-130)102-80(125)65(43(5)6)104-81(126)66(44(7)8)103-69(114)50(86)39-107)74(119)99-58(38-63(88)110)77(122)100-57(37-62(87)109)76(121)98-56(35-47-19-13-12-14-20-47)75(120)101-59(36-48-24-26-49(108)27-25-48)82(127)106-32-18-23-61(106)79(124)95-52(22-17-31-91-84(89)90)71(116)94-53(28-29-64(111)112)70(115)92-46(11)68(113)93-51(21-15-16-30-85)72(117)105-67(45(9)10)83(128)129/h12-14,19-20,24-27,41-46,50-61,65-67,107-108,130H,15-18,21-23,28-40,85-86H2,1-11H3,(H2,87,109)(H2,88,110)(H,92,115)(H,93,113)(H,94,116)(H,95,124)(H,96,118)(H,97,123)(H,98,121)(H,99,119)(H,100,122)(H,101,120)(H,102,125)(H,103,114)(H,104,126)(H,105,117)(H,111,112)(H,128,129)(H4,89,90,91)/t46-,50-,51-,52-,53-,54-,55-,56-,57-,58-,59-,60-,61-,65-,66-,67-/m0/s1. The molecule has 0 aromatic heterocycles. The maximum Gasteiger partial charge on any atom is 0.326 e. The van der Waals surface area contributed by atoms with Crippen molar-refractivity contribution >= 4 is 131 Å². The molecule has 30 N–H and O–H groups in total. The number of hydrogen-bond acceptors (Lipinski definition) is 25. The molecule has 0 radical (unpaired) electrons. The molecule has 130 heavy (non-hydrogen) atoms. The van der Waals surface area contributed by atoms with E-state index in [0.717, 1.165) is 4.90 Å². The molecule has 1 saturated heterocycles. The number of hydrogen-bond donors (Lipinski definition) is 26. The fourth-order valence-electron chi connectivity index (χ4n) is 13.7. The summed E-state index contributed by atoms with van der Waals surface area (Å²) in [6.45, 7) is 16.9. The largest absolute Gasteiger partial charge is 0.508 e. The maximum atomic E-state index is 15.4. The molecule has 0 unspecified atom stereocenters. The monoisotopic (exact) mass is 1850 g/mol. The quantitative estimate of drug-likeness (QED) is 0.0127. The lowest BCUT2D eigenvalue weighted by Gasteiger charge is -2.31. The van der Waals surface area contributed by atoms with Gasteiger partial charge in [-0.3, -0.25) is 91.7 Å². The van der Waals surface area contributed by atoms with E-state index < -0.39 is 271 Å². The number of carboxylic acid groups (broad SMARTS) is 2. The number of phenolic OH excluding ortho intramolecular Hbond substituents is 1. The number of rotatable bonds is 58. The first-order valence-electron chi connectivity index (χ1n) is 43.2. The first-order chi connectivity index (χ1) is 61.0. The number of nitrogens with two attached hydrogens (primary N) is 5. The van der Waals surface area contributed by atoms with Crippen LogP contribution < -0.4 is 108 Å². The number of likely N-dealkylation sites (tertiary alicyclic amines) is 1. The van der Waals surface area contributed by atoms with Gasteiger partial charge in [0.1, 0.15) is 102 Å². The lowest BCUT2D eigenvalue weighted by atomic mass is 9.98. The van der Waals surface area contributed by atoms with E-state index in [1.165, 1.54) is 31.2 Å². The van der Waals surface area contributed by atoms with Gasteiger partial charge in [-0.2, -0.15) is 12.6 Å². The summed E-state index contributed by atoms with van der Waals surface area (Å²) in [5.41, 5.74) is 28.9. The fourth-order valence-corrected chi connectivity index (χ4v) is 13.9. The average Bonchev–Trinajstić information content (AvgIpc) is 1.61. The second-order valence-corrected chi connectivity index (χ2v) is 34.3. The number of nitrogens with zero attached hydrogens (tertiary/aromatic N) is 1. The van der Waals surface area contributed by atoms with Crippen LogP contribution in [0.15, 0.2) is 54.6 Å². The lowest BCUT2D eigenvalue weighted by Crippen LogP contribution is -2.62. The van der Waals surface area contributed by atoms with Gasteiger partial charge in [0.2, 0.25) is 100 Å². The highest BCUT2D eigenvalue weighted by Gasteiger charge is 2.43. The van der Waals surface area contributed by atoms with Gasteiger partial charge in [0.25, 0.3) is 0 Å². The molecule has 17 amide bonds. The van der Waals surface area contributed by atoms with Crippen LogP contribution >= 0.6 is 12.6 Å². The van der Waals surface area contributed by atoms with Crippen molar-refractivity contribution in [1.29, 1.82) is 5.41 Å². The normalized spacial score (nSPS) is 15.9. The number of carbonyl (C=O) groups excluding carboxylic acids is 17. The van der Waals surface area contributed by atoms with E-state index in [-0.39, 0.29) is 94.8 Å². The number of thiol groups is 1. The summed E-state index contributed by atoms with van der Waals surface area (Å²) in [7, 11) is 0. The van der Waals surface area contributed by atoms with E-state index in [1.807, 2.05) is 0 Å². The molecule has 0 bridgehead atoms. The highest BCUT2D eigenvalue weighted by molar-refractivity contribution is 7.80. The van der Waals surface area contributed by atoms with Crippen molar-refractivity contribution in [2.45, 2.75) is 269 Å². The summed E-state index contributed by atoms with van der Waals surface area (Å²) in [5, 5.41) is 84.6. The molecule has 0 saturated carbocycles. The molecular weight excluding hydrogens is 1720 g/mol. The minimum absolute atomic E-state index is 0.00446. The van der Waals surface area contributed by atoms with Crippen LogP contribution in [0.1, 0.15) is 171 Å². The Labute approximate surface area is 760 Å². The van der Waals surface area contributed by atoms with Crippen molar-refractivity contribution in [3.8, 4) is 5.75 Å². The van der Waals surface area contributed by atoms with E-state index in [2.05, 4.69) is 92.4 Å². The number of benzene rings is 2. The number of phenols is 1. The Hall–Kier alpha value is -12.3. The van der Waals surface area contributed by atoms with Crippen molar-refractivity contribution in [2.75, 3.05) is 32.0 Å². The summed E-state index contributed by atoms with van der Waals surface area (Å²) in [4.78, 5) is 265. The number of guanidine groups is 1. The van der Waals surface area contributed by atoms with Gasteiger partial charge in [-0.1, -0.05) is 112 Å². The molecule has 1 aliphatic heterocycles. The van der Waals surface area contributed by atoms with Crippen LogP contribution in [0.2, 0.25) is 0 Å². The Bertz CT molecular complexity index is 4220. The first-order valence-corrected chi connectivity index (χ1v) is 43.8. The number of primary amides is 2. The predicted octanol–water partition coefficient (Wildman–Crippen LogP) is -5.62. The number of nitrogens with one attached hydrogen (secondary N) is 16. The first kappa shape index (κ1) is 112. The Morgan fingerprint density at radius 2 is 0.854 bits per heavy atom. The Kier molecular flexibility index (Phi) is 48.3. The van der Waals surface area contributed by atoms with Gasteiger partial charge in [0, 0.05) is 38.1 Å². The van der Waals surface area contributed by atoms with Crippen LogP contribution in [0, 0.1) is 35.0 Å². The molecule has 46 heteroatoms. The predicted molar refractivity (Wildman–Crippen MR) is 476 cm³/mol. The van der Waals surface area contributed by atoms with Crippen LogP contribution in [-0.4, -0.2) is 272 Å². The summed E-state index contributed by atoms with van der Waals surface area (Å²) in [6, 6.07) is -11.2. The number of aliphatic carboxylic acids is 2.